The molecular weight excluding hydrogens is 346 g/mol. The molecule has 4 nitrogen and oxygen atoms in total. The van der Waals surface area contributed by atoms with Crippen LogP contribution in [0.3, 0.4) is 0 Å². The van der Waals surface area contributed by atoms with Crippen LogP contribution in [0.5, 0.6) is 5.75 Å². The van der Waals surface area contributed by atoms with Crippen molar-refractivity contribution >= 4 is 28.1 Å². The molecule has 0 saturated heterocycles. The molecule has 26 heavy (non-hydrogen) atoms. The monoisotopic (exact) mass is 361 g/mol. The van der Waals surface area contributed by atoms with E-state index in [1.165, 1.54) is 16.7 Å². The van der Waals surface area contributed by atoms with Crippen LogP contribution in [-0.4, -0.2) is 16.1 Å². The average Bonchev–Trinajstić information content (AvgIpc) is 3.17. The number of rotatable bonds is 5. The Hall–Kier alpha value is -3.18. The van der Waals surface area contributed by atoms with Crippen molar-refractivity contribution in [1.82, 2.24) is 4.98 Å². The Morgan fingerprint density at radius 1 is 1.00 bits per heavy atom. The number of hydrogen-bond acceptors (Lipinski definition) is 4. The smallest absolute Gasteiger partial charge is 0.355 e. The number of benzene rings is 3. The number of nitrogens with zero attached hydrogens (tertiary/aromatic N) is 1. The molecule has 0 aliphatic carbocycles. The average molecular weight is 361 g/mol. The van der Waals surface area contributed by atoms with Crippen molar-refractivity contribution in [3.63, 3.8) is 0 Å². The maximum atomic E-state index is 11.1. The van der Waals surface area contributed by atoms with Gasteiger partial charge in [-0.1, -0.05) is 54.6 Å². The van der Waals surface area contributed by atoms with E-state index in [1.807, 2.05) is 42.5 Å². The number of fused-ring (bicyclic) bond motifs is 1. The molecular formula is C21H15NO3S. The van der Waals surface area contributed by atoms with Gasteiger partial charge in [0, 0.05) is 5.38 Å². The number of hydrogen-bond donors (Lipinski definition) is 1. The van der Waals surface area contributed by atoms with Gasteiger partial charge in [-0.05, 0) is 28.5 Å². The van der Waals surface area contributed by atoms with Gasteiger partial charge in [0.1, 0.15) is 17.4 Å². The van der Waals surface area contributed by atoms with Crippen molar-refractivity contribution < 1.29 is 14.6 Å². The standard InChI is InChI=1S/C21H15NO3S/c23-21(24)18-13-26-20(22-18)17-10-3-4-11-19(17)25-12-15-8-5-7-14-6-1-2-9-16(14)15/h1-11,13H,12H2,(H,23,24). The molecule has 0 bridgehead atoms. The normalized spacial score (nSPS) is 10.8. The maximum absolute atomic E-state index is 11.1. The van der Waals surface area contributed by atoms with Crippen LogP contribution in [0.4, 0.5) is 0 Å². The van der Waals surface area contributed by atoms with Gasteiger partial charge in [0.15, 0.2) is 5.69 Å². The minimum absolute atomic E-state index is 0.0499. The molecule has 0 unspecified atom stereocenters. The summed E-state index contributed by atoms with van der Waals surface area (Å²) in [5.74, 6) is -0.339. The molecule has 0 radical (unpaired) electrons. The molecule has 1 N–H and O–H groups in total. The second-order valence-electron chi connectivity index (χ2n) is 5.77. The van der Waals surface area contributed by atoms with Gasteiger partial charge in [-0.3, -0.25) is 0 Å². The third-order valence-electron chi connectivity index (χ3n) is 4.10. The Balaban J connectivity index is 1.63. The molecule has 0 amide bonds. The van der Waals surface area contributed by atoms with Gasteiger partial charge in [0.25, 0.3) is 0 Å². The molecule has 4 rings (SSSR count). The quantitative estimate of drug-likeness (QED) is 0.528. The van der Waals surface area contributed by atoms with E-state index in [-0.39, 0.29) is 5.69 Å². The summed E-state index contributed by atoms with van der Waals surface area (Å²) in [6.07, 6.45) is 0. The van der Waals surface area contributed by atoms with Crippen LogP contribution in [0.25, 0.3) is 21.3 Å². The third kappa shape index (κ3) is 3.17. The number of para-hydroxylation sites is 1. The first-order valence-electron chi connectivity index (χ1n) is 8.10. The van der Waals surface area contributed by atoms with Gasteiger partial charge in [-0.2, -0.15) is 0 Å². The summed E-state index contributed by atoms with van der Waals surface area (Å²) < 4.78 is 6.07. The zero-order valence-corrected chi connectivity index (χ0v) is 14.6. The molecule has 0 atom stereocenters. The van der Waals surface area contributed by atoms with E-state index in [1.54, 1.807) is 5.38 Å². The highest BCUT2D eigenvalue weighted by Gasteiger charge is 2.14. The summed E-state index contributed by atoms with van der Waals surface area (Å²) in [5.41, 5.74) is 1.95. The molecule has 5 heteroatoms. The Morgan fingerprint density at radius 3 is 2.62 bits per heavy atom. The largest absolute Gasteiger partial charge is 0.488 e. The van der Waals surface area contributed by atoms with Gasteiger partial charge < -0.3 is 9.84 Å². The minimum atomic E-state index is -1.03. The molecule has 0 fully saturated rings. The van der Waals surface area contributed by atoms with Crippen molar-refractivity contribution in [3.05, 3.63) is 83.4 Å². The number of carboxylic acids is 1. The molecule has 0 spiro atoms. The first kappa shape index (κ1) is 16.3. The van der Waals surface area contributed by atoms with E-state index in [9.17, 15) is 4.79 Å². The summed E-state index contributed by atoms with van der Waals surface area (Å²) in [6, 6.07) is 21.9. The van der Waals surface area contributed by atoms with Crippen LogP contribution in [0.15, 0.2) is 72.1 Å². The zero-order chi connectivity index (χ0) is 17.9. The Bertz CT molecular complexity index is 1080. The van der Waals surface area contributed by atoms with Crippen LogP contribution in [0, 0.1) is 0 Å². The molecule has 3 aromatic carbocycles. The molecule has 128 valence electrons. The van der Waals surface area contributed by atoms with Crippen LogP contribution in [0.1, 0.15) is 16.1 Å². The fraction of sp³-hybridized carbons (Fsp3) is 0.0476. The number of carbonyl (C=O) groups is 1. The van der Waals surface area contributed by atoms with E-state index < -0.39 is 5.97 Å². The summed E-state index contributed by atoms with van der Waals surface area (Å²) in [6.45, 7) is 0.426. The first-order valence-corrected chi connectivity index (χ1v) is 8.98. The lowest BCUT2D eigenvalue weighted by molar-refractivity contribution is 0.0691. The Morgan fingerprint density at radius 2 is 1.77 bits per heavy atom. The third-order valence-corrected chi connectivity index (χ3v) is 4.98. The van der Waals surface area contributed by atoms with Crippen molar-refractivity contribution in [2.24, 2.45) is 0 Å². The molecule has 4 aromatic rings. The van der Waals surface area contributed by atoms with Crippen molar-refractivity contribution in [2.45, 2.75) is 6.61 Å². The minimum Gasteiger partial charge on any atom is -0.488 e. The van der Waals surface area contributed by atoms with Crippen molar-refractivity contribution in [2.75, 3.05) is 0 Å². The molecule has 0 saturated carbocycles. The fourth-order valence-electron chi connectivity index (χ4n) is 2.84. The van der Waals surface area contributed by atoms with Crippen LogP contribution in [0.2, 0.25) is 0 Å². The zero-order valence-electron chi connectivity index (χ0n) is 13.8. The fourth-order valence-corrected chi connectivity index (χ4v) is 3.66. The second kappa shape index (κ2) is 6.98. The number of aromatic carboxylic acids is 1. The van der Waals surface area contributed by atoms with Gasteiger partial charge in [0.2, 0.25) is 0 Å². The SMILES string of the molecule is O=C(O)c1csc(-c2ccccc2OCc2cccc3ccccc23)n1. The Labute approximate surface area is 154 Å². The second-order valence-corrected chi connectivity index (χ2v) is 6.62. The molecule has 0 aliphatic heterocycles. The summed E-state index contributed by atoms with van der Waals surface area (Å²) >= 11 is 1.30. The van der Waals surface area contributed by atoms with Crippen molar-refractivity contribution in [1.29, 1.82) is 0 Å². The highest BCUT2D eigenvalue weighted by molar-refractivity contribution is 7.13. The molecule has 0 aliphatic rings. The molecule has 1 heterocycles. The summed E-state index contributed by atoms with van der Waals surface area (Å²) in [5, 5.41) is 13.6. The number of aromatic nitrogens is 1. The predicted octanol–water partition coefficient (Wildman–Crippen LogP) is 5.24. The maximum Gasteiger partial charge on any atom is 0.355 e. The van der Waals surface area contributed by atoms with Gasteiger partial charge in [-0.15, -0.1) is 11.3 Å². The number of ether oxygens (including phenoxy) is 1. The van der Waals surface area contributed by atoms with Crippen molar-refractivity contribution in [3.8, 4) is 16.3 Å². The van der Waals surface area contributed by atoms with E-state index >= 15 is 0 Å². The number of carboxylic acid groups (broad SMARTS) is 1. The van der Waals surface area contributed by atoms with Crippen LogP contribution < -0.4 is 4.74 Å². The predicted molar refractivity (Wildman–Crippen MR) is 103 cm³/mol. The lowest BCUT2D eigenvalue weighted by atomic mass is 10.1. The van der Waals surface area contributed by atoms with Gasteiger partial charge >= 0.3 is 5.97 Å². The van der Waals surface area contributed by atoms with E-state index in [0.717, 1.165) is 16.5 Å². The van der Waals surface area contributed by atoms with E-state index in [2.05, 4.69) is 29.2 Å². The summed E-state index contributed by atoms with van der Waals surface area (Å²) in [7, 11) is 0. The lowest BCUT2D eigenvalue weighted by Gasteiger charge is -2.11. The highest BCUT2D eigenvalue weighted by Crippen LogP contribution is 2.33. The van der Waals surface area contributed by atoms with Gasteiger partial charge in [-0.25, -0.2) is 9.78 Å². The van der Waals surface area contributed by atoms with Gasteiger partial charge in [0.05, 0.1) is 5.56 Å². The van der Waals surface area contributed by atoms with E-state index in [0.29, 0.717) is 17.4 Å². The Kier molecular flexibility index (Phi) is 4.37. The highest BCUT2D eigenvalue weighted by atomic mass is 32.1. The van der Waals surface area contributed by atoms with E-state index in [4.69, 9.17) is 9.84 Å². The van der Waals surface area contributed by atoms with Crippen LogP contribution in [-0.2, 0) is 6.61 Å². The topological polar surface area (TPSA) is 59.4 Å². The number of thiazole rings is 1. The molecule has 1 aromatic heterocycles. The lowest BCUT2D eigenvalue weighted by Crippen LogP contribution is -1.98. The summed E-state index contributed by atoms with van der Waals surface area (Å²) in [4.78, 5) is 15.3. The van der Waals surface area contributed by atoms with Crippen LogP contribution >= 0.6 is 11.3 Å². The first-order chi connectivity index (χ1) is 12.7.